The summed E-state index contributed by atoms with van der Waals surface area (Å²) in [5.74, 6) is -0.746. The van der Waals surface area contributed by atoms with Gasteiger partial charge in [0, 0.05) is 42.0 Å². The van der Waals surface area contributed by atoms with E-state index >= 15 is 0 Å². The number of hydrogen-bond donors (Lipinski definition) is 2. The summed E-state index contributed by atoms with van der Waals surface area (Å²) < 4.78 is 14.9. The first-order valence-corrected chi connectivity index (χ1v) is 10.7. The van der Waals surface area contributed by atoms with Crippen molar-refractivity contribution < 1.29 is 14.0 Å². The minimum Gasteiger partial charge on any atom is -0.348 e. The average molecular weight is 455 g/mol. The molecule has 0 aliphatic carbocycles. The maximum absolute atomic E-state index is 13.3. The van der Waals surface area contributed by atoms with Crippen molar-refractivity contribution in [3.05, 3.63) is 114 Å². The number of hydrogen-bond acceptors (Lipinski definition) is 3. The molecule has 1 heterocycles. The van der Waals surface area contributed by atoms with Gasteiger partial charge < -0.3 is 10.6 Å². The van der Waals surface area contributed by atoms with Crippen molar-refractivity contribution in [1.82, 2.24) is 15.1 Å². The van der Waals surface area contributed by atoms with Crippen LogP contribution in [-0.2, 0) is 18.4 Å². The maximum Gasteiger partial charge on any atom is 0.251 e. The predicted octanol–water partition coefficient (Wildman–Crippen LogP) is 4.81. The molecule has 34 heavy (non-hydrogen) atoms. The summed E-state index contributed by atoms with van der Waals surface area (Å²) >= 11 is 0. The standard InChI is InChI=1S/C27H23FN4O2/c1-32-26(20-9-12-23(28)13-10-20)22(18-30-32)11-16-25(33)31-24-14-7-19(8-15-24)17-29-27(34)21-5-3-2-4-6-21/h2-16,18H,17H2,1H3,(H,29,34)(H,31,33). The fourth-order valence-corrected chi connectivity index (χ4v) is 3.47. The highest BCUT2D eigenvalue weighted by Crippen LogP contribution is 2.24. The number of nitrogens with one attached hydrogen (secondary N) is 2. The number of amides is 2. The zero-order chi connectivity index (χ0) is 23.9. The molecule has 3 aromatic carbocycles. The van der Waals surface area contributed by atoms with Gasteiger partial charge in [-0.15, -0.1) is 0 Å². The number of aryl methyl sites for hydroxylation is 1. The molecule has 4 aromatic rings. The molecule has 7 heteroatoms. The Hall–Kier alpha value is -4.52. The summed E-state index contributed by atoms with van der Waals surface area (Å²) in [7, 11) is 1.79. The minimum absolute atomic E-state index is 0.140. The van der Waals surface area contributed by atoms with Gasteiger partial charge in [-0.05, 0) is 60.2 Å². The van der Waals surface area contributed by atoms with Crippen LogP contribution in [-0.4, -0.2) is 21.6 Å². The second-order valence-corrected chi connectivity index (χ2v) is 7.65. The summed E-state index contributed by atoms with van der Waals surface area (Å²) in [4.78, 5) is 24.6. The van der Waals surface area contributed by atoms with Gasteiger partial charge in [-0.3, -0.25) is 14.3 Å². The Kier molecular flexibility index (Phi) is 6.93. The van der Waals surface area contributed by atoms with E-state index in [0.29, 0.717) is 17.8 Å². The van der Waals surface area contributed by atoms with Crippen molar-refractivity contribution in [2.45, 2.75) is 6.54 Å². The van der Waals surface area contributed by atoms with Crippen LogP contribution in [0.1, 0.15) is 21.5 Å². The van der Waals surface area contributed by atoms with Gasteiger partial charge in [0.1, 0.15) is 5.82 Å². The van der Waals surface area contributed by atoms with Crippen LogP contribution in [0.5, 0.6) is 0 Å². The molecule has 4 rings (SSSR count). The molecule has 6 nitrogen and oxygen atoms in total. The molecule has 0 saturated heterocycles. The highest BCUT2D eigenvalue weighted by Gasteiger charge is 2.10. The second-order valence-electron chi connectivity index (χ2n) is 7.65. The fraction of sp³-hybridized carbons (Fsp3) is 0.0741. The van der Waals surface area contributed by atoms with E-state index in [1.807, 2.05) is 30.3 Å². The summed E-state index contributed by atoms with van der Waals surface area (Å²) in [6.45, 7) is 0.384. The lowest BCUT2D eigenvalue weighted by Gasteiger charge is -2.07. The van der Waals surface area contributed by atoms with E-state index in [4.69, 9.17) is 0 Å². The maximum atomic E-state index is 13.3. The van der Waals surface area contributed by atoms with Gasteiger partial charge in [0.25, 0.3) is 5.91 Å². The molecule has 0 aliphatic rings. The first kappa shape index (κ1) is 22.7. The Labute approximate surface area is 196 Å². The van der Waals surface area contributed by atoms with Crippen LogP contribution in [0.3, 0.4) is 0 Å². The third-order valence-corrected chi connectivity index (χ3v) is 5.21. The lowest BCUT2D eigenvalue weighted by atomic mass is 10.1. The van der Waals surface area contributed by atoms with E-state index < -0.39 is 0 Å². The number of carbonyl (C=O) groups is 2. The molecule has 0 aliphatic heterocycles. The number of nitrogens with zero attached hydrogens (tertiary/aromatic N) is 2. The summed E-state index contributed by atoms with van der Waals surface area (Å²) in [5, 5.41) is 9.93. The smallest absolute Gasteiger partial charge is 0.251 e. The zero-order valence-electron chi connectivity index (χ0n) is 18.5. The number of carbonyl (C=O) groups excluding carboxylic acids is 2. The number of halogens is 1. The van der Waals surface area contributed by atoms with Gasteiger partial charge >= 0.3 is 0 Å². The average Bonchev–Trinajstić information content (AvgIpc) is 3.23. The molecule has 170 valence electrons. The topological polar surface area (TPSA) is 76.0 Å². The van der Waals surface area contributed by atoms with E-state index in [1.165, 1.54) is 18.2 Å². The molecule has 0 unspecified atom stereocenters. The number of aromatic nitrogens is 2. The van der Waals surface area contributed by atoms with Crippen molar-refractivity contribution in [3.63, 3.8) is 0 Å². The summed E-state index contributed by atoms with van der Waals surface area (Å²) in [6.07, 6.45) is 4.76. The third-order valence-electron chi connectivity index (χ3n) is 5.21. The highest BCUT2D eigenvalue weighted by atomic mass is 19.1. The van der Waals surface area contributed by atoms with E-state index in [2.05, 4.69) is 15.7 Å². The first-order valence-electron chi connectivity index (χ1n) is 10.7. The van der Waals surface area contributed by atoms with E-state index in [0.717, 1.165) is 22.4 Å². The van der Waals surface area contributed by atoms with Crippen LogP contribution in [0.25, 0.3) is 17.3 Å². The molecular weight excluding hydrogens is 431 g/mol. The molecule has 0 spiro atoms. The van der Waals surface area contributed by atoms with Gasteiger partial charge in [0.05, 0.1) is 11.9 Å². The van der Waals surface area contributed by atoms with Crippen LogP contribution in [0.15, 0.2) is 91.1 Å². The van der Waals surface area contributed by atoms with Crippen LogP contribution < -0.4 is 10.6 Å². The molecule has 0 fully saturated rings. The highest BCUT2D eigenvalue weighted by molar-refractivity contribution is 6.02. The Morgan fingerprint density at radius 2 is 1.68 bits per heavy atom. The monoisotopic (exact) mass is 454 g/mol. The van der Waals surface area contributed by atoms with Gasteiger partial charge in [-0.25, -0.2) is 4.39 Å². The molecule has 0 saturated carbocycles. The molecule has 1 aromatic heterocycles. The molecule has 0 radical (unpaired) electrons. The Balaban J connectivity index is 1.35. The van der Waals surface area contributed by atoms with E-state index in [-0.39, 0.29) is 17.6 Å². The molecular formula is C27H23FN4O2. The van der Waals surface area contributed by atoms with Crippen molar-refractivity contribution in [2.75, 3.05) is 5.32 Å². The molecule has 0 atom stereocenters. The van der Waals surface area contributed by atoms with Crippen LogP contribution >= 0.6 is 0 Å². The number of rotatable bonds is 7. The van der Waals surface area contributed by atoms with E-state index in [9.17, 15) is 14.0 Å². The molecule has 0 bridgehead atoms. The van der Waals surface area contributed by atoms with Gasteiger partial charge in [-0.2, -0.15) is 5.10 Å². The Morgan fingerprint density at radius 1 is 0.971 bits per heavy atom. The first-order chi connectivity index (χ1) is 16.5. The quantitative estimate of drug-likeness (QED) is 0.394. The third kappa shape index (κ3) is 5.63. The normalized spacial score (nSPS) is 10.9. The summed E-state index contributed by atoms with van der Waals surface area (Å²) in [6, 6.07) is 22.4. The lowest BCUT2D eigenvalue weighted by Crippen LogP contribution is -2.22. The van der Waals surface area contributed by atoms with Gasteiger partial charge in [-0.1, -0.05) is 30.3 Å². The van der Waals surface area contributed by atoms with Crippen molar-refractivity contribution in [2.24, 2.45) is 7.05 Å². The Bertz CT molecular complexity index is 1310. The number of anilines is 1. The molecule has 2 amide bonds. The van der Waals surface area contributed by atoms with E-state index in [1.54, 1.807) is 60.4 Å². The fourth-order valence-electron chi connectivity index (χ4n) is 3.47. The number of benzene rings is 3. The van der Waals surface area contributed by atoms with Crippen LogP contribution in [0.2, 0.25) is 0 Å². The van der Waals surface area contributed by atoms with Crippen LogP contribution in [0, 0.1) is 5.82 Å². The molecule has 2 N–H and O–H groups in total. The van der Waals surface area contributed by atoms with Gasteiger partial charge in [0.2, 0.25) is 5.91 Å². The Morgan fingerprint density at radius 3 is 2.38 bits per heavy atom. The van der Waals surface area contributed by atoms with Crippen molar-refractivity contribution in [1.29, 1.82) is 0 Å². The summed E-state index contributed by atoms with van der Waals surface area (Å²) in [5.41, 5.74) is 4.49. The second kappa shape index (κ2) is 10.4. The van der Waals surface area contributed by atoms with Gasteiger partial charge in [0.15, 0.2) is 0 Å². The minimum atomic E-state index is -0.313. The largest absolute Gasteiger partial charge is 0.348 e. The zero-order valence-corrected chi connectivity index (χ0v) is 18.5. The lowest BCUT2D eigenvalue weighted by molar-refractivity contribution is -0.111. The SMILES string of the molecule is Cn1ncc(C=CC(=O)Nc2ccc(CNC(=O)c3ccccc3)cc2)c1-c1ccc(F)cc1. The van der Waals surface area contributed by atoms with Crippen molar-refractivity contribution in [3.8, 4) is 11.3 Å². The van der Waals surface area contributed by atoms with Crippen molar-refractivity contribution >= 4 is 23.6 Å². The van der Waals surface area contributed by atoms with Crippen LogP contribution in [0.4, 0.5) is 10.1 Å². The predicted molar refractivity (Wildman–Crippen MR) is 130 cm³/mol.